The molecular weight excluding hydrogens is 408 g/mol. The van der Waals surface area contributed by atoms with Crippen molar-refractivity contribution in [1.82, 2.24) is 14.8 Å². The maximum atomic E-state index is 10.1. The van der Waals surface area contributed by atoms with Gasteiger partial charge in [-0.15, -0.1) is 10.2 Å². The Hall–Kier alpha value is -1.88. The molecule has 5 nitrogen and oxygen atoms in total. The van der Waals surface area contributed by atoms with Gasteiger partial charge >= 0.3 is 0 Å². The van der Waals surface area contributed by atoms with Crippen molar-refractivity contribution < 1.29 is 4.79 Å². The van der Waals surface area contributed by atoms with Crippen LogP contribution in [0.1, 0.15) is 94.9 Å². The number of nitrogens with one attached hydrogen (secondary N) is 1. The van der Waals surface area contributed by atoms with Crippen LogP contribution in [0.25, 0.3) is 0 Å². The van der Waals surface area contributed by atoms with Gasteiger partial charge in [-0.2, -0.15) is 0 Å². The maximum Gasteiger partial charge on any atom is 0.211 e. The maximum absolute atomic E-state index is 10.1. The highest BCUT2D eigenvalue weighted by atomic mass is 35.5. The number of halogens is 1. The smallest absolute Gasteiger partial charge is 0.211 e. The third-order valence-corrected chi connectivity index (χ3v) is 7.13. The van der Waals surface area contributed by atoms with Crippen LogP contribution in [-0.4, -0.2) is 21.2 Å². The van der Waals surface area contributed by atoms with Crippen LogP contribution < -0.4 is 5.32 Å². The zero-order valence-corrected chi connectivity index (χ0v) is 20.0. The first-order valence-corrected chi connectivity index (χ1v) is 12.2. The molecule has 2 saturated carbocycles. The van der Waals surface area contributed by atoms with Gasteiger partial charge in [-0.1, -0.05) is 50.8 Å². The zero-order valence-electron chi connectivity index (χ0n) is 19.3. The Kier molecular flexibility index (Phi) is 8.53. The van der Waals surface area contributed by atoms with E-state index in [1.165, 1.54) is 69.4 Å². The summed E-state index contributed by atoms with van der Waals surface area (Å²) in [6.45, 7) is 6.57. The summed E-state index contributed by atoms with van der Waals surface area (Å²) < 4.78 is 2.48. The predicted molar refractivity (Wildman–Crippen MR) is 128 cm³/mol. The molecule has 0 spiro atoms. The van der Waals surface area contributed by atoms with Crippen LogP contribution in [0, 0.1) is 12.3 Å². The molecule has 4 rings (SSSR count). The Morgan fingerprint density at radius 1 is 1.16 bits per heavy atom. The van der Waals surface area contributed by atoms with Crippen LogP contribution in [0.15, 0.2) is 18.2 Å². The van der Waals surface area contributed by atoms with E-state index in [1.807, 2.05) is 6.92 Å². The number of carbonyl (C=O) groups is 1. The number of hydrogen-bond acceptors (Lipinski definition) is 3. The zero-order chi connectivity index (χ0) is 22.3. The summed E-state index contributed by atoms with van der Waals surface area (Å²) in [4.78, 5) is 10.1. The molecule has 2 aliphatic rings. The molecule has 6 heteroatoms. The normalized spacial score (nSPS) is 17.5. The average Bonchev–Trinajstić information content (AvgIpc) is 3.52. The lowest BCUT2D eigenvalue weighted by atomic mass is 9.73. The van der Waals surface area contributed by atoms with Gasteiger partial charge in [0.15, 0.2) is 0 Å². The van der Waals surface area contributed by atoms with E-state index in [0.29, 0.717) is 16.8 Å². The molecule has 1 N–H and O–H groups in total. The van der Waals surface area contributed by atoms with Crippen molar-refractivity contribution >= 4 is 23.7 Å². The largest absolute Gasteiger partial charge is 0.328 e. The van der Waals surface area contributed by atoms with E-state index >= 15 is 0 Å². The molecule has 1 aromatic carbocycles. The van der Waals surface area contributed by atoms with E-state index in [0.717, 1.165) is 30.1 Å². The molecular formula is C25H37ClN4O. The van der Waals surface area contributed by atoms with E-state index in [9.17, 15) is 4.79 Å². The van der Waals surface area contributed by atoms with Crippen molar-refractivity contribution in [1.29, 1.82) is 0 Å². The number of aromatic nitrogens is 3. The highest BCUT2D eigenvalue weighted by Gasteiger charge is 2.31. The number of aryl methyl sites for hydroxylation is 2. The monoisotopic (exact) mass is 444 g/mol. The number of nitrogens with zero attached hydrogens (tertiary/aromatic N) is 3. The molecule has 170 valence electrons. The Morgan fingerprint density at radius 3 is 2.45 bits per heavy atom. The molecule has 0 aliphatic heterocycles. The van der Waals surface area contributed by atoms with Crippen LogP contribution in [0.5, 0.6) is 0 Å². The van der Waals surface area contributed by atoms with Gasteiger partial charge in [-0.05, 0) is 68.6 Å². The third-order valence-electron chi connectivity index (χ3n) is 6.72. The van der Waals surface area contributed by atoms with Gasteiger partial charge in [0, 0.05) is 29.6 Å². The van der Waals surface area contributed by atoms with Crippen molar-refractivity contribution in [2.75, 3.05) is 5.32 Å². The van der Waals surface area contributed by atoms with Crippen molar-refractivity contribution in [3.63, 3.8) is 0 Å². The SMILES string of the molecule is CCCc1nnc(CCC2(C)CCCCC2)n1C1CC1.Cc1c(Cl)cccc1NC=O. The second kappa shape index (κ2) is 11.1. The molecule has 0 unspecified atom stereocenters. The summed E-state index contributed by atoms with van der Waals surface area (Å²) in [5, 5.41) is 12.2. The van der Waals surface area contributed by atoms with Gasteiger partial charge in [-0.25, -0.2) is 0 Å². The number of rotatable bonds is 8. The van der Waals surface area contributed by atoms with E-state index in [4.69, 9.17) is 11.6 Å². The highest BCUT2D eigenvalue weighted by Crippen LogP contribution is 2.41. The van der Waals surface area contributed by atoms with Crippen LogP contribution in [0.3, 0.4) is 0 Å². The summed E-state index contributed by atoms with van der Waals surface area (Å²) in [6.07, 6.45) is 15.1. The van der Waals surface area contributed by atoms with Gasteiger partial charge in [0.25, 0.3) is 0 Å². The molecule has 0 atom stereocenters. The second-order valence-corrected chi connectivity index (χ2v) is 9.84. The molecule has 1 amide bonds. The topological polar surface area (TPSA) is 59.8 Å². The highest BCUT2D eigenvalue weighted by molar-refractivity contribution is 6.31. The molecule has 2 aromatic rings. The summed E-state index contributed by atoms with van der Waals surface area (Å²) >= 11 is 5.79. The third kappa shape index (κ3) is 6.55. The summed E-state index contributed by atoms with van der Waals surface area (Å²) in [5.74, 6) is 2.50. The Morgan fingerprint density at radius 2 is 1.84 bits per heavy atom. The number of hydrogen-bond donors (Lipinski definition) is 1. The standard InChI is InChI=1S/C17H29N3.C8H8ClNO/c1-3-7-15-18-19-16(20(15)14-8-9-14)10-13-17(2)11-5-4-6-12-17;1-6-7(9)3-2-4-8(6)10-5-11/h14H,3-13H2,1-2H3;2-5H,1H3,(H,10,11). The van der Waals surface area contributed by atoms with Gasteiger partial charge in [0.05, 0.1) is 0 Å². The number of amides is 1. The fraction of sp³-hybridized carbons (Fsp3) is 0.640. The van der Waals surface area contributed by atoms with Crippen molar-refractivity contribution in [3.05, 3.63) is 40.4 Å². The van der Waals surface area contributed by atoms with E-state index < -0.39 is 0 Å². The Balaban J connectivity index is 0.000000210. The number of benzene rings is 1. The lowest BCUT2D eigenvalue weighted by Gasteiger charge is -2.33. The summed E-state index contributed by atoms with van der Waals surface area (Å²) in [6, 6.07) is 6.10. The molecule has 1 aromatic heterocycles. The average molecular weight is 445 g/mol. The minimum absolute atomic E-state index is 0.559. The number of carbonyl (C=O) groups excluding carboxylic acids is 1. The summed E-state index contributed by atoms with van der Waals surface area (Å²) in [5.41, 5.74) is 2.21. The Bertz CT molecular complexity index is 853. The first kappa shape index (κ1) is 23.8. The lowest BCUT2D eigenvalue weighted by Crippen LogP contribution is -2.21. The quantitative estimate of drug-likeness (QED) is 0.461. The molecule has 2 aliphatic carbocycles. The van der Waals surface area contributed by atoms with Crippen molar-refractivity contribution in [2.45, 2.75) is 97.4 Å². The second-order valence-electron chi connectivity index (χ2n) is 9.43. The molecule has 31 heavy (non-hydrogen) atoms. The molecule has 2 fully saturated rings. The van der Waals surface area contributed by atoms with Gasteiger partial charge in [0.1, 0.15) is 11.6 Å². The van der Waals surface area contributed by atoms with Crippen LogP contribution in [-0.2, 0) is 17.6 Å². The lowest BCUT2D eigenvalue weighted by molar-refractivity contribution is -0.105. The molecule has 1 heterocycles. The van der Waals surface area contributed by atoms with E-state index in [2.05, 4.69) is 33.9 Å². The minimum Gasteiger partial charge on any atom is -0.328 e. The fourth-order valence-electron chi connectivity index (χ4n) is 4.58. The van der Waals surface area contributed by atoms with Crippen LogP contribution >= 0.6 is 11.6 Å². The van der Waals surface area contributed by atoms with E-state index in [1.54, 1.807) is 18.2 Å². The van der Waals surface area contributed by atoms with Crippen LogP contribution in [0.2, 0.25) is 5.02 Å². The van der Waals surface area contributed by atoms with Gasteiger partial charge < -0.3 is 9.88 Å². The predicted octanol–water partition coefficient (Wildman–Crippen LogP) is 6.69. The molecule has 0 radical (unpaired) electrons. The summed E-state index contributed by atoms with van der Waals surface area (Å²) in [7, 11) is 0. The van der Waals surface area contributed by atoms with Crippen molar-refractivity contribution in [3.8, 4) is 0 Å². The Labute approximate surface area is 192 Å². The first-order valence-electron chi connectivity index (χ1n) is 11.9. The molecule has 0 saturated heterocycles. The van der Waals surface area contributed by atoms with Crippen molar-refractivity contribution in [2.24, 2.45) is 5.41 Å². The van der Waals surface area contributed by atoms with Gasteiger partial charge in [-0.3, -0.25) is 4.79 Å². The molecule has 0 bridgehead atoms. The van der Waals surface area contributed by atoms with E-state index in [-0.39, 0.29) is 0 Å². The van der Waals surface area contributed by atoms with Crippen LogP contribution in [0.4, 0.5) is 5.69 Å². The van der Waals surface area contributed by atoms with Gasteiger partial charge in [0.2, 0.25) is 6.41 Å². The minimum atomic E-state index is 0.559. The fourth-order valence-corrected chi connectivity index (χ4v) is 4.75. The first-order chi connectivity index (χ1) is 15.0. The number of anilines is 1.